The van der Waals surface area contributed by atoms with E-state index >= 15 is 0 Å². The van der Waals surface area contributed by atoms with E-state index in [4.69, 9.17) is 4.42 Å². The number of carbonyl (C=O) groups is 1. The predicted octanol–water partition coefficient (Wildman–Crippen LogP) is 4.82. The number of carbonyl (C=O) groups excluding carboxylic acids is 1. The van der Waals surface area contributed by atoms with E-state index in [0.717, 1.165) is 22.0 Å². The van der Waals surface area contributed by atoms with Gasteiger partial charge in [-0.25, -0.2) is 0 Å². The van der Waals surface area contributed by atoms with Crippen molar-refractivity contribution in [1.82, 2.24) is 15.0 Å². The molecule has 0 atom stereocenters. The molecule has 6 heteroatoms. The molecule has 0 aliphatic rings. The van der Waals surface area contributed by atoms with Crippen LogP contribution in [0, 0.1) is 0 Å². The summed E-state index contributed by atoms with van der Waals surface area (Å²) in [5, 5.41) is 14.2. The van der Waals surface area contributed by atoms with Crippen LogP contribution >= 0.6 is 0 Å². The summed E-state index contributed by atoms with van der Waals surface area (Å²) in [7, 11) is 0. The van der Waals surface area contributed by atoms with E-state index in [1.165, 1.54) is 6.08 Å². The molecule has 6 nitrogen and oxygen atoms in total. The summed E-state index contributed by atoms with van der Waals surface area (Å²) in [5.74, 6) is 0.371. The summed E-state index contributed by atoms with van der Waals surface area (Å²) >= 11 is 0. The molecule has 0 aliphatic carbocycles. The van der Waals surface area contributed by atoms with Crippen molar-refractivity contribution in [1.29, 1.82) is 0 Å². The van der Waals surface area contributed by atoms with Gasteiger partial charge in [0.1, 0.15) is 16.8 Å². The van der Waals surface area contributed by atoms with Gasteiger partial charge < -0.3 is 9.73 Å². The Morgan fingerprint density at radius 2 is 1.79 bits per heavy atom. The topological polar surface area (TPSA) is 73.0 Å². The molecule has 5 rings (SSSR count). The van der Waals surface area contributed by atoms with Crippen LogP contribution in [0.15, 0.2) is 89.6 Å². The van der Waals surface area contributed by atoms with E-state index in [1.54, 1.807) is 29.3 Å². The molecule has 1 amide bonds. The third-order valence-electron chi connectivity index (χ3n) is 4.57. The lowest BCUT2D eigenvalue weighted by Gasteiger charge is -2.04. The number of amides is 1. The van der Waals surface area contributed by atoms with Gasteiger partial charge in [-0.1, -0.05) is 36.4 Å². The number of hydrogen-bond acceptors (Lipinski definition) is 4. The Morgan fingerprint density at radius 1 is 0.931 bits per heavy atom. The number of hydrogen-bond donors (Lipinski definition) is 1. The van der Waals surface area contributed by atoms with E-state index in [2.05, 4.69) is 33.7 Å². The molecule has 0 radical (unpaired) electrons. The van der Waals surface area contributed by atoms with Gasteiger partial charge in [0.2, 0.25) is 5.91 Å². The molecule has 0 saturated carbocycles. The van der Waals surface area contributed by atoms with E-state index in [9.17, 15) is 4.79 Å². The lowest BCUT2D eigenvalue weighted by atomic mass is 10.1. The zero-order valence-corrected chi connectivity index (χ0v) is 15.3. The first-order valence-electron chi connectivity index (χ1n) is 9.14. The van der Waals surface area contributed by atoms with Crippen molar-refractivity contribution < 1.29 is 9.21 Å². The first-order chi connectivity index (χ1) is 14.3. The van der Waals surface area contributed by atoms with Gasteiger partial charge in [0, 0.05) is 17.1 Å². The van der Waals surface area contributed by atoms with Crippen LogP contribution in [0.25, 0.3) is 33.6 Å². The fourth-order valence-electron chi connectivity index (χ4n) is 3.21. The smallest absolute Gasteiger partial charge is 0.248 e. The number of fused-ring (bicyclic) bond motifs is 2. The van der Waals surface area contributed by atoms with Gasteiger partial charge >= 0.3 is 0 Å². The third kappa shape index (κ3) is 3.39. The average Bonchev–Trinajstić information content (AvgIpc) is 3.41. The largest absolute Gasteiger partial charge is 0.465 e. The minimum atomic E-state index is -0.248. The monoisotopic (exact) mass is 380 g/mol. The fourth-order valence-corrected chi connectivity index (χ4v) is 3.21. The molecule has 0 spiro atoms. The van der Waals surface area contributed by atoms with E-state index < -0.39 is 0 Å². The molecule has 1 N–H and O–H groups in total. The zero-order chi connectivity index (χ0) is 19.6. The second-order valence-corrected chi connectivity index (χ2v) is 6.53. The Kier molecular flexibility index (Phi) is 4.14. The highest BCUT2D eigenvalue weighted by atomic mass is 16.3. The van der Waals surface area contributed by atoms with Gasteiger partial charge in [0.15, 0.2) is 0 Å². The molecule has 0 bridgehead atoms. The van der Waals surface area contributed by atoms with Crippen LogP contribution in [-0.4, -0.2) is 20.9 Å². The number of benzene rings is 3. The third-order valence-corrected chi connectivity index (χ3v) is 4.57. The summed E-state index contributed by atoms with van der Waals surface area (Å²) in [6, 6.07) is 23.2. The highest BCUT2D eigenvalue weighted by molar-refractivity contribution is 6.02. The molecular weight excluding hydrogens is 364 g/mol. The normalized spacial score (nSPS) is 11.4. The van der Waals surface area contributed by atoms with Gasteiger partial charge in [-0.15, -0.1) is 15.0 Å². The molecule has 3 aromatic carbocycles. The maximum absolute atomic E-state index is 12.1. The Labute approximate surface area is 166 Å². The van der Waals surface area contributed by atoms with Gasteiger partial charge in [-0.2, -0.15) is 0 Å². The summed E-state index contributed by atoms with van der Waals surface area (Å²) < 4.78 is 5.18. The quantitative estimate of drug-likeness (QED) is 0.454. The highest BCUT2D eigenvalue weighted by Gasteiger charge is 2.09. The maximum Gasteiger partial charge on any atom is 0.248 e. The van der Waals surface area contributed by atoms with Crippen molar-refractivity contribution in [3.05, 3.63) is 90.9 Å². The summed E-state index contributed by atoms with van der Waals surface area (Å²) in [4.78, 5) is 13.8. The number of furan rings is 1. The SMILES string of the molecule is O=C(C=Cc1ccco1)Nc1ccc2nn(-c3cccc4ccccc34)nc2c1. The summed E-state index contributed by atoms with van der Waals surface area (Å²) in [6.07, 6.45) is 4.60. The van der Waals surface area contributed by atoms with Crippen LogP contribution in [0.3, 0.4) is 0 Å². The number of nitrogens with zero attached hydrogens (tertiary/aromatic N) is 3. The summed E-state index contributed by atoms with van der Waals surface area (Å²) in [5.41, 5.74) is 3.01. The second kappa shape index (κ2) is 7.09. The lowest BCUT2D eigenvalue weighted by Crippen LogP contribution is -2.07. The van der Waals surface area contributed by atoms with Crippen molar-refractivity contribution in [2.45, 2.75) is 0 Å². The van der Waals surface area contributed by atoms with Gasteiger partial charge in [0.25, 0.3) is 0 Å². The fraction of sp³-hybridized carbons (Fsp3) is 0. The molecule has 2 heterocycles. The molecule has 0 aliphatic heterocycles. The van der Waals surface area contributed by atoms with Crippen LogP contribution < -0.4 is 5.32 Å². The highest BCUT2D eigenvalue weighted by Crippen LogP contribution is 2.23. The van der Waals surface area contributed by atoms with Crippen molar-refractivity contribution >= 4 is 39.5 Å². The number of rotatable bonds is 4. The molecule has 5 aromatic rings. The Hall–Kier alpha value is -4.19. The van der Waals surface area contributed by atoms with Crippen LogP contribution in [0.1, 0.15) is 5.76 Å². The van der Waals surface area contributed by atoms with Gasteiger partial charge in [-0.05, 0) is 47.9 Å². The average molecular weight is 380 g/mol. The molecule has 0 fully saturated rings. The van der Waals surface area contributed by atoms with E-state index in [0.29, 0.717) is 17.0 Å². The lowest BCUT2D eigenvalue weighted by molar-refractivity contribution is -0.111. The van der Waals surface area contributed by atoms with E-state index in [-0.39, 0.29) is 5.91 Å². The van der Waals surface area contributed by atoms with Crippen LogP contribution in [0.5, 0.6) is 0 Å². The number of nitrogens with one attached hydrogen (secondary N) is 1. The van der Waals surface area contributed by atoms with Crippen molar-refractivity contribution in [2.24, 2.45) is 0 Å². The van der Waals surface area contributed by atoms with Crippen molar-refractivity contribution in [3.63, 3.8) is 0 Å². The Bertz CT molecular complexity index is 1340. The molecule has 2 aromatic heterocycles. The maximum atomic E-state index is 12.1. The Balaban J connectivity index is 1.43. The predicted molar refractivity (Wildman–Crippen MR) is 113 cm³/mol. The van der Waals surface area contributed by atoms with Gasteiger partial charge in [0.05, 0.1) is 12.0 Å². The molecule has 29 heavy (non-hydrogen) atoms. The van der Waals surface area contributed by atoms with Gasteiger partial charge in [-0.3, -0.25) is 4.79 Å². The van der Waals surface area contributed by atoms with Crippen LogP contribution in [0.4, 0.5) is 5.69 Å². The first-order valence-corrected chi connectivity index (χ1v) is 9.14. The van der Waals surface area contributed by atoms with Crippen molar-refractivity contribution in [3.8, 4) is 5.69 Å². The summed E-state index contributed by atoms with van der Waals surface area (Å²) in [6.45, 7) is 0. The minimum Gasteiger partial charge on any atom is -0.465 e. The molecule has 0 saturated heterocycles. The standard InChI is InChI=1S/C23H16N4O2/c28-23(13-11-18-7-4-14-29-18)24-17-10-12-20-21(15-17)26-27(25-20)22-9-3-6-16-5-1-2-8-19(16)22/h1-15H,(H,24,28). The van der Waals surface area contributed by atoms with Crippen LogP contribution in [0.2, 0.25) is 0 Å². The molecule has 0 unspecified atom stereocenters. The van der Waals surface area contributed by atoms with E-state index in [1.807, 2.05) is 42.5 Å². The molecular formula is C23H16N4O2. The number of aromatic nitrogens is 3. The minimum absolute atomic E-state index is 0.248. The van der Waals surface area contributed by atoms with Crippen molar-refractivity contribution in [2.75, 3.05) is 5.32 Å². The molecule has 140 valence electrons. The zero-order valence-electron chi connectivity index (χ0n) is 15.3. The number of anilines is 1. The van der Waals surface area contributed by atoms with Crippen LogP contribution in [-0.2, 0) is 4.79 Å². The Morgan fingerprint density at radius 3 is 2.69 bits per heavy atom. The second-order valence-electron chi connectivity index (χ2n) is 6.53. The first kappa shape index (κ1) is 16.9.